The first-order chi connectivity index (χ1) is 10.7. The zero-order valence-electron chi connectivity index (χ0n) is 13.7. The van der Waals surface area contributed by atoms with Crippen molar-refractivity contribution in [1.82, 2.24) is 19.7 Å². The molecule has 0 aromatic carbocycles. The van der Waals surface area contributed by atoms with Crippen molar-refractivity contribution in [2.75, 3.05) is 5.32 Å². The summed E-state index contributed by atoms with van der Waals surface area (Å²) in [5.74, 6) is 3.64. The van der Waals surface area contributed by atoms with Crippen molar-refractivity contribution in [2.45, 2.75) is 59.0 Å². The van der Waals surface area contributed by atoms with Crippen molar-refractivity contribution in [3.05, 3.63) is 12.0 Å². The molecule has 2 aromatic heterocycles. The quantitative estimate of drug-likeness (QED) is 0.940. The minimum Gasteiger partial charge on any atom is -0.365 e. The van der Waals surface area contributed by atoms with Gasteiger partial charge in [0, 0.05) is 12.6 Å². The van der Waals surface area contributed by atoms with Crippen molar-refractivity contribution < 1.29 is 0 Å². The number of nitrogens with zero attached hydrogens (tertiary/aromatic N) is 4. The van der Waals surface area contributed by atoms with Crippen molar-refractivity contribution >= 4 is 16.9 Å². The van der Waals surface area contributed by atoms with Crippen molar-refractivity contribution in [1.29, 1.82) is 0 Å². The molecular weight excluding hydrogens is 274 g/mol. The summed E-state index contributed by atoms with van der Waals surface area (Å²) in [7, 11) is 0. The Morgan fingerprint density at radius 1 is 1.32 bits per heavy atom. The molecule has 4 rings (SSSR count). The molecule has 2 saturated carbocycles. The third kappa shape index (κ3) is 2.09. The molecule has 0 amide bonds. The fourth-order valence-corrected chi connectivity index (χ4v) is 4.73. The lowest BCUT2D eigenvalue weighted by Gasteiger charge is -2.29. The molecular formula is C17H25N5. The SMILES string of the molecule is CCn1nc(C)c2ncnc(N[C@@H](C)[C@@H]3C[C@H]4CC[C@H]3C4)c21. The molecule has 2 aliphatic rings. The Morgan fingerprint density at radius 2 is 2.18 bits per heavy atom. The molecule has 1 N–H and O–H groups in total. The second-order valence-electron chi connectivity index (χ2n) is 7.09. The molecule has 2 fully saturated rings. The summed E-state index contributed by atoms with van der Waals surface area (Å²) in [6.45, 7) is 7.29. The molecule has 4 atom stereocenters. The topological polar surface area (TPSA) is 55.6 Å². The number of nitrogens with one attached hydrogen (secondary N) is 1. The molecule has 2 aliphatic carbocycles. The fourth-order valence-electron chi connectivity index (χ4n) is 4.73. The van der Waals surface area contributed by atoms with E-state index in [-0.39, 0.29) is 0 Å². The van der Waals surface area contributed by atoms with E-state index in [1.165, 1.54) is 25.7 Å². The zero-order chi connectivity index (χ0) is 15.3. The number of fused-ring (bicyclic) bond motifs is 3. The van der Waals surface area contributed by atoms with E-state index in [0.29, 0.717) is 6.04 Å². The predicted octanol–water partition coefficient (Wildman–Crippen LogP) is 3.39. The van der Waals surface area contributed by atoms with Gasteiger partial charge in [-0.3, -0.25) is 4.68 Å². The van der Waals surface area contributed by atoms with Gasteiger partial charge >= 0.3 is 0 Å². The van der Waals surface area contributed by atoms with Crippen LogP contribution < -0.4 is 5.32 Å². The largest absolute Gasteiger partial charge is 0.365 e. The highest BCUT2D eigenvalue weighted by Gasteiger charge is 2.42. The van der Waals surface area contributed by atoms with Gasteiger partial charge in [-0.05, 0) is 57.8 Å². The lowest BCUT2D eigenvalue weighted by molar-refractivity contribution is 0.304. The molecule has 2 aromatic rings. The summed E-state index contributed by atoms with van der Waals surface area (Å²) >= 11 is 0. The lowest BCUT2D eigenvalue weighted by atomic mass is 9.84. The van der Waals surface area contributed by atoms with E-state index in [1.54, 1.807) is 6.33 Å². The Balaban J connectivity index is 1.64. The minimum absolute atomic E-state index is 0.467. The van der Waals surface area contributed by atoms with Crippen LogP contribution in [0.15, 0.2) is 6.33 Å². The van der Waals surface area contributed by atoms with Crippen molar-refractivity contribution in [3.8, 4) is 0 Å². The molecule has 22 heavy (non-hydrogen) atoms. The summed E-state index contributed by atoms with van der Waals surface area (Å²) in [5.41, 5.74) is 3.01. The molecule has 2 heterocycles. The Hall–Kier alpha value is -1.65. The molecule has 0 spiro atoms. The van der Waals surface area contributed by atoms with Gasteiger partial charge in [0.25, 0.3) is 0 Å². The maximum Gasteiger partial charge on any atom is 0.155 e. The Labute approximate surface area is 131 Å². The van der Waals surface area contributed by atoms with E-state index in [1.807, 2.05) is 11.6 Å². The highest BCUT2D eigenvalue weighted by Crippen LogP contribution is 2.49. The van der Waals surface area contributed by atoms with Crippen LogP contribution in [-0.2, 0) is 6.54 Å². The first kappa shape index (κ1) is 14.0. The van der Waals surface area contributed by atoms with Gasteiger partial charge in [-0.25, -0.2) is 9.97 Å². The van der Waals surface area contributed by atoms with E-state index in [9.17, 15) is 0 Å². The summed E-state index contributed by atoms with van der Waals surface area (Å²) in [4.78, 5) is 8.94. The van der Waals surface area contributed by atoms with E-state index < -0.39 is 0 Å². The van der Waals surface area contributed by atoms with Crippen LogP contribution in [0.1, 0.15) is 45.2 Å². The molecule has 118 valence electrons. The third-order valence-electron chi connectivity index (χ3n) is 5.79. The number of aryl methyl sites for hydroxylation is 2. The Bertz CT molecular complexity index is 692. The van der Waals surface area contributed by atoms with Crippen molar-refractivity contribution in [2.24, 2.45) is 17.8 Å². The van der Waals surface area contributed by atoms with Gasteiger partial charge in [0.05, 0.1) is 5.69 Å². The Morgan fingerprint density at radius 3 is 2.86 bits per heavy atom. The van der Waals surface area contributed by atoms with Crippen LogP contribution in [0.2, 0.25) is 0 Å². The standard InChI is InChI=1S/C17H25N5/c1-4-22-16-15(11(3)21-22)18-9-19-17(16)20-10(2)14-8-12-5-6-13(14)7-12/h9-10,12-14H,4-8H2,1-3H3,(H,18,19,20)/t10-,12-,13-,14-/m0/s1. The van der Waals surface area contributed by atoms with Gasteiger partial charge in [-0.1, -0.05) is 6.42 Å². The van der Waals surface area contributed by atoms with E-state index in [4.69, 9.17) is 0 Å². The average molecular weight is 299 g/mol. The number of rotatable bonds is 4. The summed E-state index contributed by atoms with van der Waals surface area (Å²) in [6, 6.07) is 0.467. The number of aromatic nitrogens is 4. The first-order valence-electron chi connectivity index (χ1n) is 8.62. The van der Waals surface area contributed by atoms with Crippen LogP contribution in [0.25, 0.3) is 11.0 Å². The van der Waals surface area contributed by atoms with Crippen LogP contribution in [0.4, 0.5) is 5.82 Å². The van der Waals surface area contributed by atoms with Gasteiger partial charge in [-0.2, -0.15) is 5.10 Å². The van der Waals surface area contributed by atoms with Crippen LogP contribution in [0, 0.1) is 24.7 Å². The molecule has 0 aliphatic heterocycles. The molecule has 0 unspecified atom stereocenters. The smallest absolute Gasteiger partial charge is 0.155 e. The monoisotopic (exact) mass is 299 g/mol. The summed E-state index contributed by atoms with van der Waals surface area (Å²) in [6.07, 6.45) is 7.37. The maximum atomic E-state index is 4.59. The predicted molar refractivity (Wildman–Crippen MR) is 87.8 cm³/mol. The summed E-state index contributed by atoms with van der Waals surface area (Å²) < 4.78 is 2.01. The van der Waals surface area contributed by atoms with Gasteiger partial charge < -0.3 is 5.32 Å². The van der Waals surface area contributed by atoms with Gasteiger partial charge in [0.2, 0.25) is 0 Å². The van der Waals surface area contributed by atoms with E-state index in [0.717, 1.165) is 46.8 Å². The van der Waals surface area contributed by atoms with Crippen LogP contribution >= 0.6 is 0 Å². The highest BCUT2D eigenvalue weighted by atomic mass is 15.3. The van der Waals surface area contributed by atoms with Crippen molar-refractivity contribution in [3.63, 3.8) is 0 Å². The van der Waals surface area contributed by atoms with Crippen LogP contribution in [0.5, 0.6) is 0 Å². The van der Waals surface area contributed by atoms with Crippen LogP contribution in [-0.4, -0.2) is 25.8 Å². The second kappa shape index (κ2) is 5.21. The van der Waals surface area contributed by atoms with Gasteiger partial charge in [-0.15, -0.1) is 0 Å². The third-order valence-corrected chi connectivity index (χ3v) is 5.79. The maximum absolute atomic E-state index is 4.59. The molecule has 5 nitrogen and oxygen atoms in total. The molecule has 2 bridgehead atoms. The molecule has 0 saturated heterocycles. The zero-order valence-corrected chi connectivity index (χ0v) is 13.7. The molecule has 0 radical (unpaired) electrons. The van der Waals surface area contributed by atoms with Gasteiger partial charge in [0.1, 0.15) is 17.4 Å². The van der Waals surface area contributed by atoms with E-state index >= 15 is 0 Å². The highest BCUT2D eigenvalue weighted by molar-refractivity contribution is 5.87. The minimum atomic E-state index is 0.467. The summed E-state index contributed by atoms with van der Waals surface area (Å²) in [5, 5.41) is 8.27. The average Bonchev–Trinajstić information content (AvgIpc) is 3.22. The number of hydrogen-bond donors (Lipinski definition) is 1. The normalized spacial score (nSPS) is 28.4. The van der Waals surface area contributed by atoms with Gasteiger partial charge in [0.15, 0.2) is 5.82 Å². The fraction of sp³-hybridized carbons (Fsp3) is 0.706. The molecule has 5 heteroatoms. The van der Waals surface area contributed by atoms with Crippen LogP contribution in [0.3, 0.4) is 0 Å². The van der Waals surface area contributed by atoms with E-state index in [2.05, 4.69) is 34.2 Å². The number of hydrogen-bond acceptors (Lipinski definition) is 4. The second-order valence-corrected chi connectivity index (χ2v) is 7.09. The number of anilines is 1. The first-order valence-corrected chi connectivity index (χ1v) is 8.62. The lowest BCUT2D eigenvalue weighted by Crippen LogP contribution is -2.30. The Kier molecular flexibility index (Phi) is 3.31.